The first kappa shape index (κ1) is 11.0. The highest BCUT2D eigenvalue weighted by molar-refractivity contribution is 9.10. The molecule has 1 aliphatic rings. The zero-order valence-electron chi connectivity index (χ0n) is 9.00. The first-order valence-electron chi connectivity index (χ1n) is 5.15. The number of hydrogen-bond acceptors (Lipinski definition) is 2. The van der Waals surface area contributed by atoms with E-state index < -0.39 is 0 Å². The zero-order valence-corrected chi connectivity index (χ0v) is 10.6. The van der Waals surface area contributed by atoms with Gasteiger partial charge in [0.25, 0.3) is 0 Å². The molecule has 0 bridgehead atoms. The maximum Gasteiger partial charge on any atom is 0.157 e. The summed E-state index contributed by atoms with van der Waals surface area (Å²) in [5.74, 6) is 1.37. The number of hydrogen-bond donors (Lipinski definition) is 0. The summed E-state index contributed by atoms with van der Waals surface area (Å²) in [5, 5.41) is 0. The minimum absolute atomic E-state index is 0.124. The largest absolute Gasteiger partial charge is 0.482 e. The molecule has 0 amide bonds. The normalized spacial score (nSPS) is 18.7. The Balaban J connectivity index is 2.13. The minimum atomic E-state index is -0.124. The Morgan fingerprint density at radius 2 is 2.13 bits per heavy atom. The summed E-state index contributed by atoms with van der Waals surface area (Å²) in [6.07, 6.45) is 0. The van der Waals surface area contributed by atoms with Gasteiger partial charge in [-0.25, -0.2) is 0 Å². The van der Waals surface area contributed by atoms with Crippen molar-refractivity contribution in [2.45, 2.75) is 19.4 Å². The van der Waals surface area contributed by atoms with E-state index in [-0.39, 0.29) is 5.60 Å². The SMILES string of the molecule is CC(C)C1(Oc2cccc(Br)c2)COC1. The molecule has 82 valence electrons. The first-order valence-corrected chi connectivity index (χ1v) is 5.94. The van der Waals surface area contributed by atoms with Gasteiger partial charge in [-0.2, -0.15) is 0 Å². The molecular formula is C12H15BrO2. The van der Waals surface area contributed by atoms with Crippen LogP contribution in [0, 0.1) is 5.92 Å². The van der Waals surface area contributed by atoms with Crippen molar-refractivity contribution in [3.63, 3.8) is 0 Å². The molecule has 0 atom stereocenters. The summed E-state index contributed by atoms with van der Waals surface area (Å²) in [6, 6.07) is 7.94. The quantitative estimate of drug-likeness (QED) is 0.840. The first-order chi connectivity index (χ1) is 7.12. The number of rotatable bonds is 3. The van der Waals surface area contributed by atoms with Crippen LogP contribution in [0.15, 0.2) is 28.7 Å². The number of ether oxygens (including phenoxy) is 2. The van der Waals surface area contributed by atoms with Crippen LogP contribution in [0.4, 0.5) is 0 Å². The lowest BCUT2D eigenvalue weighted by Crippen LogP contribution is -2.58. The van der Waals surface area contributed by atoms with Crippen molar-refractivity contribution < 1.29 is 9.47 Å². The van der Waals surface area contributed by atoms with E-state index in [0.717, 1.165) is 10.2 Å². The lowest BCUT2D eigenvalue weighted by Gasteiger charge is -2.44. The minimum Gasteiger partial charge on any atom is -0.482 e. The van der Waals surface area contributed by atoms with Crippen LogP contribution in [0.1, 0.15) is 13.8 Å². The summed E-state index contributed by atoms with van der Waals surface area (Å²) in [7, 11) is 0. The fourth-order valence-corrected chi connectivity index (χ4v) is 1.96. The van der Waals surface area contributed by atoms with Gasteiger partial charge < -0.3 is 9.47 Å². The van der Waals surface area contributed by atoms with Gasteiger partial charge in [0.05, 0.1) is 13.2 Å². The molecule has 2 nitrogen and oxygen atoms in total. The van der Waals surface area contributed by atoms with Gasteiger partial charge in [-0.3, -0.25) is 0 Å². The fraction of sp³-hybridized carbons (Fsp3) is 0.500. The van der Waals surface area contributed by atoms with E-state index in [1.54, 1.807) is 0 Å². The highest BCUT2D eigenvalue weighted by atomic mass is 79.9. The summed E-state index contributed by atoms with van der Waals surface area (Å²) in [6.45, 7) is 5.72. The lowest BCUT2D eigenvalue weighted by molar-refractivity contribution is -0.184. The van der Waals surface area contributed by atoms with Crippen LogP contribution in [-0.4, -0.2) is 18.8 Å². The molecule has 0 aromatic heterocycles. The van der Waals surface area contributed by atoms with Gasteiger partial charge in [-0.05, 0) is 24.1 Å². The standard InChI is InChI=1S/C12H15BrO2/c1-9(2)12(7-14-8-12)15-11-5-3-4-10(13)6-11/h3-6,9H,7-8H2,1-2H3. The Labute approximate surface area is 98.7 Å². The lowest BCUT2D eigenvalue weighted by atomic mass is 9.88. The zero-order chi connectivity index (χ0) is 10.9. The van der Waals surface area contributed by atoms with Gasteiger partial charge >= 0.3 is 0 Å². The third-order valence-electron chi connectivity index (χ3n) is 2.86. The van der Waals surface area contributed by atoms with E-state index in [2.05, 4.69) is 29.8 Å². The molecule has 1 fully saturated rings. The molecule has 0 unspecified atom stereocenters. The maximum atomic E-state index is 6.03. The molecule has 1 aromatic carbocycles. The van der Waals surface area contributed by atoms with Crippen LogP contribution < -0.4 is 4.74 Å². The van der Waals surface area contributed by atoms with Gasteiger partial charge in [0.15, 0.2) is 5.60 Å². The molecule has 0 aliphatic carbocycles. The van der Waals surface area contributed by atoms with Crippen molar-refractivity contribution in [2.75, 3.05) is 13.2 Å². The second-order valence-corrected chi connectivity index (χ2v) is 5.19. The average molecular weight is 271 g/mol. The Morgan fingerprint density at radius 3 is 2.60 bits per heavy atom. The van der Waals surface area contributed by atoms with Gasteiger partial charge in [0, 0.05) is 4.47 Å². The van der Waals surface area contributed by atoms with Gasteiger partial charge in [-0.1, -0.05) is 35.8 Å². The molecular weight excluding hydrogens is 256 g/mol. The fourth-order valence-electron chi connectivity index (χ4n) is 1.58. The van der Waals surface area contributed by atoms with Crippen molar-refractivity contribution >= 4 is 15.9 Å². The molecule has 1 aromatic rings. The summed E-state index contributed by atoms with van der Waals surface area (Å²) < 4.78 is 12.3. The highest BCUT2D eigenvalue weighted by Gasteiger charge is 2.44. The van der Waals surface area contributed by atoms with Crippen LogP contribution in [0.2, 0.25) is 0 Å². The molecule has 0 N–H and O–H groups in total. The van der Waals surface area contributed by atoms with E-state index >= 15 is 0 Å². The number of halogens is 1. The molecule has 1 heterocycles. The van der Waals surface area contributed by atoms with Crippen LogP contribution in [-0.2, 0) is 4.74 Å². The highest BCUT2D eigenvalue weighted by Crippen LogP contribution is 2.32. The molecule has 15 heavy (non-hydrogen) atoms. The monoisotopic (exact) mass is 270 g/mol. The van der Waals surface area contributed by atoms with Crippen molar-refractivity contribution in [3.8, 4) is 5.75 Å². The van der Waals surface area contributed by atoms with Crippen molar-refractivity contribution in [3.05, 3.63) is 28.7 Å². The van der Waals surface area contributed by atoms with Crippen molar-refractivity contribution in [1.82, 2.24) is 0 Å². The Morgan fingerprint density at radius 1 is 1.40 bits per heavy atom. The van der Waals surface area contributed by atoms with Crippen LogP contribution in [0.25, 0.3) is 0 Å². The van der Waals surface area contributed by atoms with Crippen LogP contribution in [0.3, 0.4) is 0 Å². The Hall–Kier alpha value is -0.540. The van der Waals surface area contributed by atoms with E-state index in [4.69, 9.17) is 9.47 Å². The smallest absolute Gasteiger partial charge is 0.157 e. The maximum absolute atomic E-state index is 6.03. The second-order valence-electron chi connectivity index (χ2n) is 4.27. The second kappa shape index (κ2) is 4.14. The molecule has 3 heteroatoms. The third-order valence-corrected chi connectivity index (χ3v) is 3.36. The molecule has 2 rings (SSSR count). The molecule has 0 spiro atoms. The third kappa shape index (κ3) is 2.18. The van der Waals surface area contributed by atoms with Gasteiger partial charge in [0.1, 0.15) is 5.75 Å². The van der Waals surface area contributed by atoms with E-state index in [1.165, 1.54) is 0 Å². The topological polar surface area (TPSA) is 18.5 Å². The summed E-state index contributed by atoms with van der Waals surface area (Å²) in [5.41, 5.74) is -0.124. The van der Waals surface area contributed by atoms with Crippen LogP contribution >= 0.6 is 15.9 Å². The van der Waals surface area contributed by atoms with Crippen molar-refractivity contribution in [2.24, 2.45) is 5.92 Å². The Bertz CT molecular complexity index is 345. The molecule has 0 saturated carbocycles. The van der Waals surface area contributed by atoms with Gasteiger partial charge in [-0.15, -0.1) is 0 Å². The van der Waals surface area contributed by atoms with E-state index in [0.29, 0.717) is 19.1 Å². The van der Waals surface area contributed by atoms with Gasteiger partial charge in [0.2, 0.25) is 0 Å². The number of benzene rings is 1. The van der Waals surface area contributed by atoms with Crippen LogP contribution in [0.5, 0.6) is 5.75 Å². The summed E-state index contributed by atoms with van der Waals surface area (Å²) >= 11 is 3.44. The predicted octanol–water partition coefficient (Wildman–Crippen LogP) is 3.25. The van der Waals surface area contributed by atoms with Crippen molar-refractivity contribution in [1.29, 1.82) is 0 Å². The molecule has 1 saturated heterocycles. The molecule has 0 radical (unpaired) electrons. The summed E-state index contributed by atoms with van der Waals surface area (Å²) in [4.78, 5) is 0. The van der Waals surface area contributed by atoms with E-state index in [9.17, 15) is 0 Å². The Kier molecular flexibility index (Phi) is 3.03. The molecule has 1 aliphatic heterocycles. The predicted molar refractivity (Wildman–Crippen MR) is 63.2 cm³/mol. The average Bonchev–Trinajstić information content (AvgIpc) is 2.11. The van der Waals surface area contributed by atoms with E-state index in [1.807, 2.05) is 24.3 Å².